The number of carbonyl (C=O) groups is 2. The second-order valence-corrected chi connectivity index (χ2v) is 6.92. The summed E-state index contributed by atoms with van der Waals surface area (Å²) in [6, 6.07) is 7.42. The molecule has 1 aromatic carbocycles. The van der Waals surface area contributed by atoms with Crippen LogP contribution in [0.1, 0.15) is 28.7 Å². The third-order valence-corrected chi connectivity index (χ3v) is 4.55. The van der Waals surface area contributed by atoms with Crippen molar-refractivity contribution in [3.8, 4) is 11.3 Å². The molecular formula is C20H23F3N6O3. The average Bonchev–Trinajstić information content (AvgIpc) is 3.33. The first-order valence-electron chi connectivity index (χ1n) is 9.33. The molecule has 9 nitrogen and oxygen atoms in total. The number of nitrogens with zero attached hydrogens (tertiary/aromatic N) is 3. The molecule has 0 saturated heterocycles. The van der Waals surface area contributed by atoms with Gasteiger partial charge in [-0.15, -0.1) is 0 Å². The van der Waals surface area contributed by atoms with Crippen LogP contribution < -0.4 is 11.1 Å². The minimum atomic E-state index is -5.08. The summed E-state index contributed by atoms with van der Waals surface area (Å²) < 4.78 is 33.4. The fourth-order valence-electron chi connectivity index (χ4n) is 2.58. The number of benzene rings is 1. The summed E-state index contributed by atoms with van der Waals surface area (Å²) in [5.41, 5.74) is 10.8. The lowest BCUT2D eigenvalue weighted by Gasteiger charge is -2.11. The molecule has 0 aliphatic rings. The fraction of sp³-hybridized carbons (Fsp3) is 0.300. The zero-order valence-corrected chi connectivity index (χ0v) is 17.6. The van der Waals surface area contributed by atoms with Gasteiger partial charge in [-0.2, -0.15) is 18.3 Å². The number of aromatic nitrogens is 4. The summed E-state index contributed by atoms with van der Waals surface area (Å²) >= 11 is 0. The number of carboxylic acid groups (broad SMARTS) is 1. The van der Waals surface area contributed by atoms with Gasteiger partial charge in [0.1, 0.15) is 11.9 Å². The molecule has 172 valence electrons. The SMILES string of the molecule is Cc1ccc(-c2cnc(CNC(=O)C(N)c3cnn(C)c3C)[nH]2)cc1.O=C(O)C(F)(F)F. The van der Waals surface area contributed by atoms with Crippen molar-refractivity contribution in [1.29, 1.82) is 0 Å². The van der Waals surface area contributed by atoms with E-state index in [4.69, 9.17) is 15.6 Å². The average molecular weight is 452 g/mol. The van der Waals surface area contributed by atoms with Gasteiger partial charge in [-0.3, -0.25) is 9.48 Å². The highest BCUT2D eigenvalue weighted by Gasteiger charge is 2.38. The zero-order chi connectivity index (χ0) is 24.1. The highest BCUT2D eigenvalue weighted by Crippen LogP contribution is 2.18. The molecule has 0 aliphatic carbocycles. The highest BCUT2D eigenvalue weighted by molar-refractivity contribution is 5.83. The normalized spacial score (nSPS) is 12.0. The lowest BCUT2D eigenvalue weighted by Crippen LogP contribution is -2.34. The van der Waals surface area contributed by atoms with E-state index < -0.39 is 18.2 Å². The number of carboxylic acids is 1. The van der Waals surface area contributed by atoms with E-state index in [1.165, 1.54) is 5.56 Å². The van der Waals surface area contributed by atoms with Crippen LogP contribution in [0.4, 0.5) is 13.2 Å². The summed E-state index contributed by atoms with van der Waals surface area (Å²) in [5, 5.41) is 14.1. The molecule has 3 aromatic rings. The molecule has 0 fully saturated rings. The maximum Gasteiger partial charge on any atom is 0.490 e. The number of imidazole rings is 1. The Morgan fingerprint density at radius 3 is 2.31 bits per heavy atom. The monoisotopic (exact) mass is 452 g/mol. The third kappa shape index (κ3) is 6.41. The fourth-order valence-corrected chi connectivity index (χ4v) is 2.58. The van der Waals surface area contributed by atoms with Gasteiger partial charge in [0, 0.05) is 18.3 Å². The largest absolute Gasteiger partial charge is 0.490 e. The number of aliphatic carboxylic acids is 1. The Balaban J connectivity index is 0.000000451. The molecule has 0 spiro atoms. The third-order valence-electron chi connectivity index (χ3n) is 4.55. The van der Waals surface area contributed by atoms with Crippen molar-refractivity contribution in [2.75, 3.05) is 0 Å². The molecule has 32 heavy (non-hydrogen) atoms. The van der Waals surface area contributed by atoms with Crippen molar-refractivity contribution in [1.82, 2.24) is 25.1 Å². The van der Waals surface area contributed by atoms with Gasteiger partial charge in [0.05, 0.1) is 24.6 Å². The molecular weight excluding hydrogens is 429 g/mol. The van der Waals surface area contributed by atoms with E-state index in [0.29, 0.717) is 5.82 Å². The maximum absolute atomic E-state index is 12.3. The summed E-state index contributed by atoms with van der Waals surface area (Å²) in [4.78, 5) is 28.7. The van der Waals surface area contributed by atoms with Crippen LogP contribution in [0.25, 0.3) is 11.3 Å². The van der Waals surface area contributed by atoms with Crippen LogP contribution in [0.5, 0.6) is 0 Å². The van der Waals surface area contributed by atoms with E-state index in [0.717, 1.165) is 22.5 Å². The molecule has 0 bridgehead atoms. The van der Waals surface area contributed by atoms with Crippen molar-refractivity contribution < 1.29 is 27.9 Å². The minimum absolute atomic E-state index is 0.260. The van der Waals surface area contributed by atoms with E-state index in [2.05, 4.69) is 20.4 Å². The molecule has 5 N–H and O–H groups in total. The zero-order valence-electron chi connectivity index (χ0n) is 17.6. The van der Waals surface area contributed by atoms with Gasteiger partial charge in [0.2, 0.25) is 5.91 Å². The Labute approximate surface area is 181 Å². The number of rotatable bonds is 5. The Bertz CT molecular complexity index is 1070. The molecule has 2 aromatic heterocycles. The predicted molar refractivity (Wildman–Crippen MR) is 109 cm³/mol. The summed E-state index contributed by atoms with van der Waals surface area (Å²) in [7, 11) is 1.82. The molecule has 0 radical (unpaired) electrons. The van der Waals surface area contributed by atoms with Gasteiger partial charge in [0.15, 0.2) is 0 Å². The minimum Gasteiger partial charge on any atom is -0.475 e. The van der Waals surface area contributed by atoms with E-state index in [-0.39, 0.29) is 12.5 Å². The van der Waals surface area contributed by atoms with E-state index in [1.54, 1.807) is 17.1 Å². The van der Waals surface area contributed by atoms with Gasteiger partial charge >= 0.3 is 12.1 Å². The second-order valence-electron chi connectivity index (χ2n) is 6.92. The first kappa shape index (κ1) is 24.6. The number of amides is 1. The first-order chi connectivity index (χ1) is 14.9. The van der Waals surface area contributed by atoms with Crippen LogP contribution in [-0.2, 0) is 23.2 Å². The maximum atomic E-state index is 12.3. The van der Waals surface area contributed by atoms with Gasteiger partial charge < -0.3 is 21.1 Å². The second kappa shape index (κ2) is 10.1. The van der Waals surface area contributed by atoms with Crippen molar-refractivity contribution in [2.24, 2.45) is 12.8 Å². The van der Waals surface area contributed by atoms with Gasteiger partial charge in [-0.05, 0) is 19.4 Å². The van der Waals surface area contributed by atoms with Crippen LogP contribution in [0.2, 0.25) is 0 Å². The number of nitrogens with one attached hydrogen (secondary N) is 2. The van der Waals surface area contributed by atoms with Crippen LogP contribution in [0.3, 0.4) is 0 Å². The Morgan fingerprint density at radius 2 is 1.81 bits per heavy atom. The highest BCUT2D eigenvalue weighted by atomic mass is 19.4. The number of alkyl halides is 3. The number of aromatic amines is 1. The quantitative estimate of drug-likeness (QED) is 0.469. The molecule has 3 rings (SSSR count). The Kier molecular flexibility index (Phi) is 7.76. The van der Waals surface area contributed by atoms with Crippen LogP contribution in [-0.4, -0.2) is 42.9 Å². The van der Waals surface area contributed by atoms with Gasteiger partial charge in [-0.25, -0.2) is 9.78 Å². The van der Waals surface area contributed by atoms with Crippen LogP contribution >= 0.6 is 0 Å². The Hall–Kier alpha value is -3.67. The number of nitrogens with two attached hydrogens (primary N) is 1. The number of aryl methyl sites for hydroxylation is 2. The van der Waals surface area contributed by atoms with E-state index in [1.807, 2.05) is 45.2 Å². The number of carbonyl (C=O) groups excluding carboxylic acids is 1. The predicted octanol–water partition coefficient (Wildman–Crippen LogP) is 2.38. The van der Waals surface area contributed by atoms with Gasteiger partial charge in [0.25, 0.3) is 0 Å². The van der Waals surface area contributed by atoms with Crippen molar-refractivity contribution in [3.05, 3.63) is 59.3 Å². The molecule has 1 amide bonds. The lowest BCUT2D eigenvalue weighted by atomic mass is 10.1. The first-order valence-corrected chi connectivity index (χ1v) is 9.33. The van der Waals surface area contributed by atoms with Crippen LogP contribution in [0.15, 0.2) is 36.7 Å². The lowest BCUT2D eigenvalue weighted by molar-refractivity contribution is -0.192. The topological polar surface area (TPSA) is 139 Å². The number of hydrogen-bond donors (Lipinski definition) is 4. The summed E-state index contributed by atoms with van der Waals surface area (Å²) in [6.07, 6.45) is -1.70. The standard InChI is InChI=1S/C18H22N6O.C2HF3O2/c1-11-4-6-13(7-5-11)15-9-20-16(23-15)10-21-18(25)17(19)14-8-22-24(3)12(14)2;3-2(4,5)1(6)7/h4-9,17H,10,19H2,1-3H3,(H,20,23)(H,21,25);(H,6,7). The molecule has 0 aliphatic heterocycles. The van der Waals surface area contributed by atoms with E-state index in [9.17, 15) is 18.0 Å². The van der Waals surface area contributed by atoms with Crippen molar-refractivity contribution >= 4 is 11.9 Å². The molecule has 2 heterocycles. The smallest absolute Gasteiger partial charge is 0.475 e. The molecule has 1 atom stereocenters. The number of hydrogen-bond acceptors (Lipinski definition) is 5. The van der Waals surface area contributed by atoms with Crippen molar-refractivity contribution in [3.63, 3.8) is 0 Å². The Morgan fingerprint density at radius 1 is 1.22 bits per heavy atom. The van der Waals surface area contributed by atoms with Crippen molar-refractivity contribution in [2.45, 2.75) is 32.6 Å². The summed E-state index contributed by atoms with van der Waals surface area (Å²) in [6.45, 7) is 4.22. The van der Waals surface area contributed by atoms with E-state index >= 15 is 0 Å². The van der Waals surface area contributed by atoms with Crippen LogP contribution in [0, 0.1) is 13.8 Å². The molecule has 1 unspecified atom stereocenters. The molecule has 12 heteroatoms. The number of halogens is 3. The summed E-state index contributed by atoms with van der Waals surface area (Å²) in [5.74, 6) is -2.34. The molecule has 0 saturated carbocycles. The number of H-pyrrole nitrogens is 1. The van der Waals surface area contributed by atoms with Gasteiger partial charge in [-0.1, -0.05) is 29.8 Å².